The molecule has 41 heavy (non-hydrogen) atoms. The third kappa shape index (κ3) is 7.74. The molecule has 0 aliphatic carbocycles. The van der Waals surface area contributed by atoms with Crippen molar-refractivity contribution in [1.29, 1.82) is 0 Å². The van der Waals surface area contributed by atoms with Crippen molar-refractivity contribution >= 4 is 29.4 Å². The lowest BCUT2D eigenvalue weighted by Crippen LogP contribution is -2.17. The van der Waals surface area contributed by atoms with E-state index in [-0.39, 0.29) is 17.3 Å². The number of non-ortho nitro benzene ring substituents is 1. The van der Waals surface area contributed by atoms with E-state index in [4.69, 9.17) is 30.5 Å². The van der Waals surface area contributed by atoms with E-state index < -0.39 is 10.8 Å². The van der Waals surface area contributed by atoms with Crippen LogP contribution in [0.25, 0.3) is 0 Å². The van der Waals surface area contributed by atoms with Crippen LogP contribution in [0.5, 0.6) is 23.0 Å². The quantitative estimate of drug-likeness (QED) is 0.121. The Morgan fingerprint density at radius 1 is 0.878 bits per heavy atom. The molecule has 4 aromatic rings. The average molecular weight is 576 g/mol. The largest absolute Gasteiger partial charge is 0.493 e. The maximum atomic E-state index is 12.7. The fourth-order valence-corrected chi connectivity index (χ4v) is 3.99. The van der Waals surface area contributed by atoms with Gasteiger partial charge in [-0.1, -0.05) is 41.9 Å². The zero-order valence-corrected chi connectivity index (χ0v) is 23.0. The van der Waals surface area contributed by atoms with Crippen molar-refractivity contribution in [2.75, 3.05) is 14.2 Å². The van der Waals surface area contributed by atoms with Crippen LogP contribution in [0.1, 0.15) is 27.0 Å². The Bertz CT molecular complexity index is 1540. The van der Waals surface area contributed by atoms with Gasteiger partial charge >= 0.3 is 0 Å². The molecule has 0 spiro atoms. The van der Waals surface area contributed by atoms with Crippen molar-refractivity contribution in [3.63, 3.8) is 0 Å². The van der Waals surface area contributed by atoms with Gasteiger partial charge in [0, 0.05) is 17.7 Å². The summed E-state index contributed by atoms with van der Waals surface area (Å²) in [5.41, 5.74) is 5.07. The Morgan fingerprint density at radius 2 is 1.56 bits per heavy atom. The van der Waals surface area contributed by atoms with E-state index in [0.717, 1.165) is 11.1 Å². The van der Waals surface area contributed by atoms with E-state index in [9.17, 15) is 14.9 Å². The summed E-state index contributed by atoms with van der Waals surface area (Å²) in [4.78, 5) is 23.1. The highest BCUT2D eigenvalue weighted by Gasteiger charge is 2.14. The summed E-state index contributed by atoms with van der Waals surface area (Å²) < 4.78 is 22.5. The van der Waals surface area contributed by atoms with E-state index in [2.05, 4.69) is 10.5 Å². The summed E-state index contributed by atoms with van der Waals surface area (Å²) in [5.74, 6) is 1.13. The van der Waals surface area contributed by atoms with Crippen LogP contribution in [0, 0.1) is 10.1 Å². The molecule has 1 amide bonds. The summed E-state index contributed by atoms with van der Waals surface area (Å²) >= 11 is 6.43. The monoisotopic (exact) mass is 575 g/mol. The second-order valence-electron chi connectivity index (χ2n) is 8.59. The number of benzene rings is 4. The Labute approximate surface area is 241 Å². The van der Waals surface area contributed by atoms with E-state index in [1.165, 1.54) is 32.6 Å². The molecule has 4 aromatic carbocycles. The van der Waals surface area contributed by atoms with Crippen molar-refractivity contribution < 1.29 is 28.7 Å². The maximum Gasteiger partial charge on any atom is 0.271 e. The summed E-state index contributed by atoms with van der Waals surface area (Å²) in [6.45, 7) is 0.483. The number of nitrogens with zero attached hydrogens (tertiary/aromatic N) is 2. The third-order valence-corrected chi connectivity index (χ3v) is 6.11. The summed E-state index contributed by atoms with van der Waals surface area (Å²) in [6, 6.07) is 23.8. The number of carbonyl (C=O) groups excluding carboxylic acids is 1. The number of halogens is 1. The molecular formula is C30H26ClN3O7. The molecule has 0 saturated heterocycles. The number of nitrogens with one attached hydrogen (secondary N) is 1. The second-order valence-corrected chi connectivity index (χ2v) is 8.99. The van der Waals surface area contributed by atoms with Crippen LogP contribution < -0.4 is 24.4 Å². The van der Waals surface area contributed by atoms with Gasteiger partial charge in [0.15, 0.2) is 23.0 Å². The van der Waals surface area contributed by atoms with Crippen molar-refractivity contribution in [2.45, 2.75) is 13.2 Å². The van der Waals surface area contributed by atoms with E-state index in [1.807, 2.05) is 30.3 Å². The van der Waals surface area contributed by atoms with Crippen molar-refractivity contribution in [3.05, 3.63) is 122 Å². The molecule has 0 aromatic heterocycles. The number of amides is 1. The molecule has 0 bridgehead atoms. The van der Waals surface area contributed by atoms with Crippen molar-refractivity contribution in [3.8, 4) is 23.0 Å². The molecule has 0 radical (unpaired) electrons. The molecule has 11 heteroatoms. The highest BCUT2D eigenvalue weighted by Crippen LogP contribution is 2.36. The summed E-state index contributed by atoms with van der Waals surface area (Å²) in [5, 5.41) is 15.1. The normalized spacial score (nSPS) is 10.7. The van der Waals surface area contributed by atoms with Crippen LogP contribution in [-0.4, -0.2) is 31.3 Å². The molecule has 0 saturated carbocycles. The molecule has 0 aliphatic heterocycles. The van der Waals surface area contributed by atoms with Gasteiger partial charge in [-0.05, 0) is 59.2 Å². The van der Waals surface area contributed by atoms with Crippen molar-refractivity contribution in [2.24, 2.45) is 5.10 Å². The van der Waals surface area contributed by atoms with E-state index in [1.54, 1.807) is 42.5 Å². The molecule has 4 rings (SSSR count). The van der Waals surface area contributed by atoms with Gasteiger partial charge in [-0.15, -0.1) is 0 Å². The molecule has 210 valence electrons. The van der Waals surface area contributed by atoms with Gasteiger partial charge in [0.1, 0.15) is 13.2 Å². The lowest BCUT2D eigenvalue weighted by Gasteiger charge is -2.13. The third-order valence-electron chi connectivity index (χ3n) is 5.82. The van der Waals surface area contributed by atoms with Gasteiger partial charge in [-0.2, -0.15) is 5.10 Å². The first-order chi connectivity index (χ1) is 19.9. The number of hydrazone groups is 1. The smallest absolute Gasteiger partial charge is 0.271 e. The number of hydrogen-bond donors (Lipinski definition) is 1. The number of carbonyl (C=O) groups is 1. The summed E-state index contributed by atoms with van der Waals surface area (Å²) in [7, 11) is 2.97. The summed E-state index contributed by atoms with van der Waals surface area (Å²) in [6.07, 6.45) is 1.42. The molecule has 0 heterocycles. The van der Waals surface area contributed by atoms with Crippen LogP contribution >= 0.6 is 11.6 Å². The zero-order valence-electron chi connectivity index (χ0n) is 22.2. The SMILES string of the molecule is COc1cc(C(=O)N/N=C/c2cc(Cl)c(OCc3ccc([N+](=O)[O-])cc3)c(OC)c2)ccc1OCc1ccccc1. The molecule has 0 fully saturated rings. The first-order valence-electron chi connectivity index (χ1n) is 12.3. The van der Waals surface area contributed by atoms with Crippen LogP contribution in [0.4, 0.5) is 5.69 Å². The number of hydrogen-bond acceptors (Lipinski definition) is 8. The molecule has 0 atom stereocenters. The Balaban J connectivity index is 1.38. The van der Waals surface area contributed by atoms with Crippen LogP contribution in [0.3, 0.4) is 0 Å². The van der Waals surface area contributed by atoms with Gasteiger partial charge in [-0.25, -0.2) is 5.43 Å². The van der Waals surface area contributed by atoms with Gasteiger partial charge in [0.2, 0.25) is 0 Å². The van der Waals surface area contributed by atoms with E-state index >= 15 is 0 Å². The number of nitro benzene ring substituents is 1. The lowest BCUT2D eigenvalue weighted by molar-refractivity contribution is -0.384. The van der Waals surface area contributed by atoms with Crippen LogP contribution in [0.15, 0.2) is 90.0 Å². The number of rotatable bonds is 12. The molecule has 10 nitrogen and oxygen atoms in total. The Kier molecular flexibility index (Phi) is 9.74. The molecular weight excluding hydrogens is 550 g/mol. The first-order valence-corrected chi connectivity index (χ1v) is 12.7. The minimum Gasteiger partial charge on any atom is -0.493 e. The number of ether oxygens (including phenoxy) is 4. The maximum absolute atomic E-state index is 12.7. The van der Waals surface area contributed by atoms with Gasteiger partial charge in [0.25, 0.3) is 11.6 Å². The van der Waals surface area contributed by atoms with Crippen LogP contribution in [0.2, 0.25) is 5.02 Å². The zero-order chi connectivity index (χ0) is 29.2. The highest BCUT2D eigenvalue weighted by atomic mass is 35.5. The van der Waals surface area contributed by atoms with Gasteiger partial charge < -0.3 is 18.9 Å². The Hall–Kier alpha value is -5.09. The van der Waals surface area contributed by atoms with Crippen LogP contribution in [-0.2, 0) is 13.2 Å². The predicted octanol–water partition coefficient (Wildman–Crippen LogP) is 6.19. The topological polar surface area (TPSA) is 122 Å². The van der Waals surface area contributed by atoms with Gasteiger partial charge in [-0.3, -0.25) is 14.9 Å². The number of methoxy groups -OCH3 is 2. The van der Waals surface area contributed by atoms with Gasteiger partial charge in [0.05, 0.1) is 30.4 Å². The predicted molar refractivity (Wildman–Crippen MR) is 154 cm³/mol. The molecule has 1 N–H and O–H groups in total. The minimum absolute atomic E-state index is 0.0101. The highest BCUT2D eigenvalue weighted by molar-refractivity contribution is 6.32. The fourth-order valence-electron chi connectivity index (χ4n) is 3.72. The Morgan fingerprint density at radius 3 is 2.24 bits per heavy atom. The average Bonchev–Trinajstić information content (AvgIpc) is 2.99. The first kappa shape index (κ1) is 28.9. The minimum atomic E-state index is -0.469. The fraction of sp³-hybridized carbons (Fsp3) is 0.133. The second kappa shape index (κ2) is 13.8. The standard InChI is InChI=1S/C30H26ClN3O7/c1-38-27-16-23(10-13-26(27)40-18-20-6-4-3-5-7-20)30(35)33-32-17-22-14-25(31)29(28(15-22)39-2)41-19-21-8-11-24(12-9-21)34(36)37/h3-17H,18-19H2,1-2H3,(H,33,35)/b32-17+. The molecule has 0 unspecified atom stereocenters. The number of nitro groups is 1. The molecule has 0 aliphatic rings. The van der Waals surface area contributed by atoms with E-state index in [0.29, 0.717) is 40.7 Å². The lowest BCUT2D eigenvalue weighted by atomic mass is 10.2. The van der Waals surface area contributed by atoms with Crippen molar-refractivity contribution in [1.82, 2.24) is 5.43 Å².